The minimum atomic E-state index is -0.350. The van der Waals surface area contributed by atoms with E-state index in [0.29, 0.717) is 16.3 Å². The summed E-state index contributed by atoms with van der Waals surface area (Å²) in [5.74, 6) is -0.667. The topological polar surface area (TPSA) is 49.4 Å². The average molecular weight is 409 g/mol. The molecule has 2 heterocycles. The van der Waals surface area contributed by atoms with E-state index < -0.39 is 0 Å². The lowest BCUT2D eigenvalue weighted by molar-refractivity contribution is -0.137. The third-order valence-corrected chi connectivity index (χ3v) is 5.88. The van der Waals surface area contributed by atoms with Crippen LogP contribution in [0.25, 0.3) is 5.57 Å². The number of anilines is 1. The van der Waals surface area contributed by atoms with Crippen molar-refractivity contribution in [3.63, 3.8) is 0 Å². The lowest BCUT2D eigenvalue weighted by atomic mass is 10.1. The predicted octanol–water partition coefficient (Wildman–Crippen LogP) is 5.10. The quantitative estimate of drug-likeness (QED) is 0.597. The Hall–Kier alpha value is -2.89. The second-order valence-corrected chi connectivity index (χ2v) is 7.81. The minimum absolute atomic E-state index is 0.130. The van der Waals surface area contributed by atoms with E-state index in [9.17, 15) is 9.59 Å². The molecule has 1 aromatic heterocycles. The summed E-state index contributed by atoms with van der Waals surface area (Å²) in [6.07, 6.45) is 0. The summed E-state index contributed by atoms with van der Waals surface area (Å²) >= 11 is 7.68. The van der Waals surface area contributed by atoms with E-state index in [0.717, 1.165) is 21.7 Å². The Morgan fingerprint density at radius 2 is 1.71 bits per heavy atom. The summed E-state index contributed by atoms with van der Waals surface area (Å²) in [6, 6.07) is 18.6. The molecule has 140 valence electrons. The molecule has 1 N–H and O–H groups in total. The first kappa shape index (κ1) is 18.5. The van der Waals surface area contributed by atoms with Crippen molar-refractivity contribution < 1.29 is 9.59 Å². The summed E-state index contributed by atoms with van der Waals surface area (Å²) in [4.78, 5) is 28.4. The summed E-state index contributed by atoms with van der Waals surface area (Å²) in [6.45, 7) is 2.08. The SMILES string of the molecule is Cc1ccccc1NC1=C(c2cccs2)C(=O)N(Cc2ccccc2Cl)C1=O. The smallest absolute Gasteiger partial charge is 0.278 e. The Balaban J connectivity index is 1.74. The first-order chi connectivity index (χ1) is 13.6. The maximum Gasteiger partial charge on any atom is 0.278 e. The van der Waals surface area contributed by atoms with Crippen LogP contribution >= 0.6 is 22.9 Å². The highest BCUT2D eigenvalue weighted by Crippen LogP contribution is 2.34. The van der Waals surface area contributed by atoms with Gasteiger partial charge in [-0.05, 0) is 41.6 Å². The number of nitrogens with one attached hydrogen (secondary N) is 1. The van der Waals surface area contributed by atoms with Crippen molar-refractivity contribution in [2.24, 2.45) is 0 Å². The van der Waals surface area contributed by atoms with E-state index in [1.807, 2.05) is 66.9 Å². The molecule has 0 atom stereocenters. The van der Waals surface area contributed by atoms with Crippen LogP contribution in [0.2, 0.25) is 5.02 Å². The number of rotatable bonds is 5. The van der Waals surface area contributed by atoms with Gasteiger partial charge in [0.15, 0.2) is 0 Å². The van der Waals surface area contributed by atoms with Crippen molar-refractivity contribution in [1.29, 1.82) is 0 Å². The number of hydrogen-bond acceptors (Lipinski definition) is 4. The van der Waals surface area contributed by atoms with Crippen molar-refractivity contribution in [1.82, 2.24) is 4.90 Å². The zero-order valence-corrected chi connectivity index (χ0v) is 16.7. The number of hydrogen-bond donors (Lipinski definition) is 1. The first-order valence-electron chi connectivity index (χ1n) is 8.76. The number of amides is 2. The maximum absolute atomic E-state index is 13.2. The van der Waals surface area contributed by atoms with Gasteiger partial charge in [0.1, 0.15) is 5.70 Å². The highest BCUT2D eigenvalue weighted by Gasteiger charge is 2.40. The third-order valence-electron chi connectivity index (χ3n) is 4.63. The van der Waals surface area contributed by atoms with Crippen molar-refractivity contribution in [3.05, 3.63) is 92.8 Å². The molecule has 4 rings (SSSR count). The molecule has 0 radical (unpaired) electrons. The van der Waals surface area contributed by atoms with Crippen LogP contribution < -0.4 is 5.32 Å². The van der Waals surface area contributed by atoms with Gasteiger partial charge in [-0.15, -0.1) is 11.3 Å². The molecule has 0 unspecified atom stereocenters. The van der Waals surface area contributed by atoms with Crippen LogP contribution in [0.1, 0.15) is 16.0 Å². The van der Waals surface area contributed by atoms with Gasteiger partial charge in [-0.25, -0.2) is 0 Å². The Bertz CT molecular complexity index is 1090. The van der Waals surface area contributed by atoms with Gasteiger partial charge in [0, 0.05) is 15.6 Å². The van der Waals surface area contributed by atoms with E-state index in [1.165, 1.54) is 16.2 Å². The predicted molar refractivity (Wildman–Crippen MR) is 113 cm³/mol. The van der Waals surface area contributed by atoms with Crippen LogP contribution in [-0.2, 0) is 16.1 Å². The van der Waals surface area contributed by atoms with Crippen LogP contribution in [0.15, 0.2) is 71.7 Å². The molecule has 3 aromatic rings. The molecule has 0 aliphatic carbocycles. The molecule has 1 aliphatic rings. The summed E-state index contributed by atoms with van der Waals surface area (Å²) in [7, 11) is 0. The number of benzene rings is 2. The maximum atomic E-state index is 13.2. The second-order valence-electron chi connectivity index (χ2n) is 6.46. The van der Waals surface area contributed by atoms with Gasteiger partial charge < -0.3 is 5.32 Å². The van der Waals surface area contributed by atoms with Crippen molar-refractivity contribution >= 4 is 46.0 Å². The summed E-state index contributed by atoms with van der Waals surface area (Å²) in [5, 5.41) is 5.62. The molecule has 0 spiro atoms. The van der Waals surface area contributed by atoms with E-state index in [-0.39, 0.29) is 18.4 Å². The van der Waals surface area contributed by atoms with E-state index in [1.54, 1.807) is 6.07 Å². The number of imide groups is 1. The number of halogens is 1. The third kappa shape index (κ3) is 3.35. The van der Waals surface area contributed by atoms with Gasteiger partial charge in [-0.1, -0.05) is 54.1 Å². The fraction of sp³-hybridized carbons (Fsp3) is 0.0909. The zero-order chi connectivity index (χ0) is 19.7. The molecular weight excluding hydrogens is 392 g/mol. The van der Waals surface area contributed by atoms with Gasteiger partial charge in [0.05, 0.1) is 12.1 Å². The monoisotopic (exact) mass is 408 g/mol. The van der Waals surface area contributed by atoms with Crippen molar-refractivity contribution in [2.75, 3.05) is 5.32 Å². The molecule has 0 saturated carbocycles. The number of aryl methyl sites for hydroxylation is 1. The summed E-state index contributed by atoms with van der Waals surface area (Å²) < 4.78 is 0. The molecule has 0 fully saturated rings. The average Bonchev–Trinajstić information content (AvgIpc) is 3.28. The van der Waals surface area contributed by atoms with Gasteiger partial charge in [0.2, 0.25) is 0 Å². The van der Waals surface area contributed by atoms with E-state index in [4.69, 9.17) is 11.6 Å². The van der Waals surface area contributed by atoms with Crippen LogP contribution in [-0.4, -0.2) is 16.7 Å². The van der Waals surface area contributed by atoms with Crippen LogP contribution in [0.4, 0.5) is 5.69 Å². The Labute approximate surface area is 172 Å². The van der Waals surface area contributed by atoms with Gasteiger partial charge >= 0.3 is 0 Å². The minimum Gasteiger partial charge on any atom is -0.350 e. The molecule has 0 saturated heterocycles. The fourth-order valence-electron chi connectivity index (χ4n) is 3.13. The second kappa shape index (κ2) is 7.62. The normalized spacial score (nSPS) is 14.1. The lowest BCUT2D eigenvalue weighted by Crippen LogP contribution is -2.32. The Morgan fingerprint density at radius 1 is 0.964 bits per heavy atom. The standard InChI is InChI=1S/C22H17ClN2O2S/c1-14-7-2-5-10-17(14)24-20-19(18-11-6-12-28-18)21(26)25(22(20)27)13-15-8-3-4-9-16(15)23/h2-12,24H,13H2,1H3. The fourth-order valence-corrected chi connectivity index (χ4v) is 4.09. The Kier molecular flexibility index (Phi) is 5.03. The molecule has 0 bridgehead atoms. The lowest BCUT2D eigenvalue weighted by Gasteiger charge is -2.16. The largest absolute Gasteiger partial charge is 0.350 e. The van der Waals surface area contributed by atoms with Gasteiger partial charge in [-0.2, -0.15) is 0 Å². The first-order valence-corrected chi connectivity index (χ1v) is 10.0. The van der Waals surface area contributed by atoms with Gasteiger partial charge in [-0.3, -0.25) is 14.5 Å². The highest BCUT2D eigenvalue weighted by atomic mass is 35.5. The van der Waals surface area contributed by atoms with Crippen molar-refractivity contribution in [3.8, 4) is 0 Å². The van der Waals surface area contributed by atoms with Crippen molar-refractivity contribution in [2.45, 2.75) is 13.5 Å². The summed E-state index contributed by atoms with van der Waals surface area (Å²) in [5.41, 5.74) is 3.22. The molecule has 28 heavy (non-hydrogen) atoms. The molecular formula is C22H17ClN2O2S. The van der Waals surface area contributed by atoms with Crippen LogP contribution in [0, 0.1) is 6.92 Å². The van der Waals surface area contributed by atoms with Gasteiger partial charge in [0.25, 0.3) is 11.8 Å². The molecule has 4 nitrogen and oxygen atoms in total. The zero-order valence-electron chi connectivity index (χ0n) is 15.1. The molecule has 6 heteroatoms. The molecule has 1 aliphatic heterocycles. The number of carbonyl (C=O) groups excluding carboxylic acids is 2. The molecule has 2 aromatic carbocycles. The number of para-hydroxylation sites is 1. The number of carbonyl (C=O) groups is 2. The van der Waals surface area contributed by atoms with E-state index in [2.05, 4.69) is 5.32 Å². The van der Waals surface area contributed by atoms with Crippen LogP contribution in [0.3, 0.4) is 0 Å². The number of thiophene rings is 1. The highest BCUT2D eigenvalue weighted by molar-refractivity contribution is 7.11. The Morgan fingerprint density at radius 3 is 2.43 bits per heavy atom. The van der Waals surface area contributed by atoms with E-state index >= 15 is 0 Å². The number of nitrogens with zero attached hydrogens (tertiary/aromatic N) is 1. The molecule has 2 amide bonds. The van der Waals surface area contributed by atoms with Crippen LogP contribution in [0.5, 0.6) is 0 Å².